The molecule has 0 aromatic heterocycles. The Labute approximate surface area is 180 Å². The molecule has 0 heterocycles. The van der Waals surface area contributed by atoms with E-state index in [4.69, 9.17) is 20.6 Å². The molecule has 1 amide bonds. The fraction of sp³-hybridized carbons (Fsp3) is 0.167. The first-order chi connectivity index (χ1) is 14.9. The van der Waals surface area contributed by atoms with Crippen molar-refractivity contribution in [3.05, 3.63) is 89.2 Å². The maximum atomic E-state index is 14.8. The van der Waals surface area contributed by atoms with Crippen molar-refractivity contribution in [2.45, 2.75) is 12.6 Å². The zero-order valence-electron chi connectivity index (χ0n) is 17.3. The smallest absolute Gasteiger partial charge is 0.254 e. The number of amidine groups is 1. The zero-order valence-corrected chi connectivity index (χ0v) is 17.3. The minimum atomic E-state index is -1.08. The molecule has 3 aromatic rings. The van der Waals surface area contributed by atoms with Gasteiger partial charge in [-0.15, -0.1) is 0 Å². The van der Waals surface area contributed by atoms with E-state index in [1.165, 1.54) is 13.2 Å². The number of nitrogens with one attached hydrogen (secondary N) is 2. The van der Waals surface area contributed by atoms with E-state index in [1.807, 2.05) is 12.1 Å². The third-order valence-corrected chi connectivity index (χ3v) is 4.91. The predicted octanol–water partition coefficient (Wildman–Crippen LogP) is 3.79. The molecular weight excluding hydrogens is 397 g/mol. The molecule has 0 bridgehead atoms. The van der Waals surface area contributed by atoms with Crippen LogP contribution < -0.4 is 15.8 Å². The first kappa shape index (κ1) is 22.0. The molecule has 3 aromatic carbocycles. The second kappa shape index (κ2) is 9.86. The van der Waals surface area contributed by atoms with E-state index >= 15 is 0 Å². The zero-order chi connectivity index (χ0) is 22.4. The summed E-state index contributed by atoms with van der Waals surface area (Å²) in [5, 5.41) is 10.2. The monoisotopic (exact) mass is 421 g/mol. The van der Waals surface area contributed by atoms with E-state index in [1.54, 1.807) is 55.6 Å². The first-order valence-corrected chi connectivity index (χ1v) is 9.60. The van der Waals surface area contributed by atoms with Crippen molar-refractivity contribution < 1.29 is 18.7 Å². The Morgan fingerprint density at radius 3 is 2.23 bits per heavy atom. The van der Waals surface area contributed by atoms with Crippen LogP contribution in [0.1, 0.15) is 22.8 Å². The Hall–Kier alpha value is -3.71. The number of ether oxygens (including phenoxy) is 2. The third kappa shape index (κ3) is 5.26. The molecule has 0 aliphatic heterocycles. The van der Waals surface area contributed by atoms with Gasteiger partial charge in [-0.05, 0) is 34.9 Å². The Morgan fingerprint density at radius 2 is 1.68 bits per heavy atom. The second-order valence-corrected chi connectivity index (χ2v) is 6.91. The SMILES string of the molecule is COc1ccc(-c2ccc([C@H](OC)C(=O)NCc3ccc(C(=N)N)cc3)c(F)c2)cc1. The summed E-state index contributed by atoms with van der Waals surface area (Å²) in [6.45, 7) is 0.239. The highest BCUT2D eigenvalue weighted by atomic mass is 19.1. The van der Waals surface area contributed by atoms with Crippen LogP contribution in [-0.2, 0) is 16.1 Å². The summed E-state index contributed by atoms with van der Waals surface area (Å²) >= 11 is 0. The number of hydrogen-bond acceptors (Lipinski definition) is 4. The van der Waals surface area contributed by atoms with Crippen LogP contribution in [0.25, 0.3) is 11.1 Å². The maximum Gasteiger partial charge on any atom is 0.254 e. The minimum absolute atomic E-state index is 0.0244. The highest BCUT2D eigenvalue weighted by molar-refractivity contribution is 5.94. The van der Waals surface area contributed by atoms with Crippen molar-refractivity contribution in [2.75, 3.05) is 14.2 Å². The fourth-order valence-corrected chi connectivity index (χ4v) is 3.16. The summed E-state index contributed by atoms with van der Waals surface area (Å²) < 4.78 is 25.3. The van der Waals surface area contributed by atoms with Gasteiger partial charge in [-0.3, -0.25) is 10.2 Å². The van der Waals surface area contributed by atoms with Crippen molar-refractivity contribution in [1.82, 2.24) is 5.32 Å². The summed E-state index contributed by atoms with van der Waals surface area (Å²) in [7, 11) is 2.95. The maximum absolute atomic E-state index is 14.8. The first-order valence-electron chi connectivity index (χ1n) is 9.60. The van der Waals surface area contributed by atoms with Crippen LogP contribution in [-0.4, -0.2) is 26.0 Å². The Kier molecular flexibility index (Phi) is 6.99. The van der Waals surface area contributed by atoms with Gasteiger partial charge in [0.05, 0.1) is 7.11 Å². The van der Waals surface area contributed by atoms with Crippen molar-refractivity contribution in [2.24, 2.45) is 5.73 Å². The number of amides is 1. The Morgan fingerprint density at radius 1 is 1.03 bits per heavy atom. The standard InChI is InChI=1S/C24H24FN3O3/c1-30-19-10-7-16(8-11-19)18-9-12-20(21(25)13-18)22(31-2)24(29)28-14-15-3-5-17(6-4-15)23(26)27/h3-13,22H,14H2,1-2H3,(H3,26,27)(H,28,29)/t22-/m0/s1. The molecule has 6 nitrogen and oxygen atoms in total. The van der Waals surface area contributed by atoms with Crippen molar-refractivity contribution in [3.8, 4) is 16.9 Å². The molecule has 4 N–H and O–H groups in total. The number of carbonyl (C=O) groups excluding carboxylic acids is 1. The molecule has 0 aliphatic rings. The summed E-state index contributed by atoms with van der Waals surface area (Å²) in [6.07, 6.45) is -1.08. The van der Waals surface area contributed by atoms with Crippen LogP contribution in [0.2, 0.25) is 0 Å². The average molecular weight is 421 g/mol. The minimum Gasteiger partial charge on any atom is -0.497 e. The van der Waals surface area contributed by atoms with Gasteiger partial charge in [0.25, 0.3) is 5.91 Å². The number of carbonyl (C=O) groups is 1. The number of rotatable bonds is 8. The molecule has 0 aliphatic carbocycles. The summed E-state index contributed by atoms with van der Waals surface area (Å²) in [5.74, 6) is -0.285. The van der Waals surface area contributed by atoms with Gasteiger partial charge < -0.3 is 20.5 Å². The largest absolute Gasteiger partial charge is 0.497 e. The molecule has 31 heavy (non-hydrogen) atoms. The summed E-state index contributed by atoms with van der Waals surface area (Å²) in [6, 6.07) is 18.9. The van der Waals surface area contributed by atoms with Crippen molar-refractivity contribution in [1.29, 1.82) is 5.41 Å². The van der Waals surface area contributed by atoms with Crippen LogP contribution in [0.3, 0.4) is 0 Å². The van der Waals surface area contributed by atoms with Gasteiger partial charge in [-0.2, -0.15) is 0 Å². The van der Waals surface area contributed by atoms with Gasteiger partial charge in [0.15, 0.2) is 6.10 Å². The Bertz CT molecular complexity index is 1070. The van der Waals surface area contributed by atoms with E-state index < -0.39 is 17.8 Å². The number of halogens is 1. The molecule has 1 atom stereocenters. The quantitative estimate of drug-likeness (QED) is 0.381. The highest BCUT2D eigenvalue weighted by Crippen LogP contribution is 2.28. The topological polar surface area (TPSA) is 97.4 Å². The fourth-order valence-electron chi connectivity index (χ4n) is 3.16. The summed E-state index contributed by atoms with van der Waals surface area (Å²) in [4.78, 5) is 12.6. The molecule has 3 rings (SSSR count). The molecule has 0 radical (unpaired) electrons. The van der Waals surface area contributed by atoms with Crippen molar-refractivity contribution in [3.63, 3.8) is 0 Å². The molecule has 0 fully saturated rings. The number of hydrogen-bond donors (Lipinski definition) is 3. The predicted molar refractivity (Wildman–Crippen MR) is 117 cm³/mol. The lowest BCUT2D eigenvalue weighted by Gasteiger charge is -2.17. The molecule has 0 saturated carbocycles. The number of nitrogens with two attached hydrogens (primary N) is 1. The lowest BCUT2D eigenvalue weighted by molar-refractivity contribution is -0.131. The Balaban J connectivity index is 1.71. The van der Waals surface area contributed by atoms with Gasteiger partial charge in [0, 0.05) is 24.8 Å². The van der Waals surface area contributed by atoms with Gasteiger partial charge in [-0.25, -0.2) is 4.39 Å². The normalized spacial score (nSPS) is 11.6. The molecular formula is C24H24FN3O3. The van der Waals surface area contributed by atoms with Crippen LogP contribution >= 0.6 is 0 Å². The van der Waals surface area contributed by atoms with E-state index in [0.29, 0.717) is 16.9 Å². The lowest BCUT2D eigenvalue weighted by Crippen LogP contribution is -2.30. The molecule has 160 valence electrons. The second-order valence-electron chi connectivity index (χ2n) is 6.91. The van der Waals surface area contributed by atoms with E-state index in [2.05, 4.69) is 5.32 Å². The number of nitrogen functional groups attached to an aromatic ring is 1. The van der Waals surface area contributed by atoms with Crippen LogP contribution in [0.5, 0.6) is 5.75 Å². The highest BCUT2D eigenvalue weighted by Gasteiger charge is 2.23. The third-order valence-electron chi connectivity index (χ3n) is 4.91. The van der Waals surface area contributed by atoms with Gasteiger partial charge in [-0.1, -0.05) is 48.5 Å². The van der Waals surface area contributed by atoms with Crippen LogP contribution in [0.15, 0.2) is 66.7 Å². The van der Waals surface area contributed by atoms with Gasteiger partial charge >= 0.3 is 0 Å². The number of benzene rings is 3. The molecule has 0 spiro atoms. The molecule has 0 unspecified atom stereocenters. The van der Waals surface area contributed by atoms with E-state index in [-0.39, 0.29) is 17.9 Å². The van der Waals surface area contributed by atoms with Crippen LogP contribution in [0, 0.1) is 11.2 Å². The van der Waals surface area contributed by atoms with Gasteiger partial charge in [0.1, 0.15) is 17.4 Å². The number of methoxy groups -OCH3 is 2. The molecule has 0 saturated heterocycles. The van der Waals surface area contributed by atoms with E-state index in [0.717, 1.165) is 11.1 Å². The van der Waals surface area contributed by atoms with Crippen LogP contribution in [0.4, 0.5) is 4.39 Å². The molecule has 7 heteroatoms. The van der Waals surface area contributed by atoms with Crippen molar-refractivity contribution >= 4 is 11.7 Å². The van der Waals surface area contributed by atoms with Gasteiger partial charge in [0.2, 0.25) is 0 Å². The summed E-state index contributed by atoms with van der Waals surface area (Å²) in [5.41, 5.74) is 8.54. The average Bonchev–Trinajstić information content (AvgIpc) is 2.79. The van der Waals surface area contributed by atoms with E-state index in [9.17, 15) is 9.18 Å². The lowest BCUT2D eigenvalue weighted by atomic mass is 10.0.